The molecule has 0 aliphatic heterocycles. The maximum Gasteiger partial charge on any atom is 0.339 e. The van der Waals surface area contributed by atoms with Crippen molar-refractivity contribution in [2.45, 2.75) is 42.9 Å². The highest BCUT2D eigenvalue weighted by Crippen LogP contribution is 2.27. The SMILES string of the molecule is CC1CCC(OC(=O)c2csc(S(N)(=O)=O)c2)CC1. The highest BCUT2D eigenvalue weighted by atomic mass is 32.2. The Balaban J connectivity index is 1.99. The molecule has 0 saturated heterocycles. The van der Waals surface area contributed by atoms with Gasteiger partial charge in [-0.3, -0.25) is 0 Å². The molecule has 1 aliphatic rings. The minimum Gasteiger partial charge on any atom is -0.459 e. The molecule has 7 heteroatoms. The fourth-order valence-electron chi connectivity index (χ4n) is 2.14. The topological polar surface area (TPSA) is 86.5 Å². The van der Waals surface area contributed by atoms with Crippen molar-refractivity contribution in [2.24, 2.45) is 11.1 Å². The number of sulfonamides is 1. The predicted molar refractivity (Wildman–Crippen MR) is 72.5 cm³/mol. The Morgan fingerprint density at radius 1 is 1.37 bits per heavy atom. The number of hydrogen-bond acceptors (Lipinski definition) is 5. The fraction of sp³-hybridized carbons (Fsp3) is 0.583. The summed E-state index contributed by atoms with van der Waals surface area (Å²) in [5, 5.41) is 6.47. The molecular weight excluding hydrogens is 286 g/mol. The molecule has 106 valence electrons. The molecule has 1 fully saturated rings. The summed E-state index contributed by atoms with van der Waals surface area (Å²) in [6.45, 7) is 2.19. The summed E-state index contributed by atoms with van der Waals surface area (Å²) in [6.07, 6.45) is 3.81. The number of thiophene rings is 1. The Morgan fingerprint density at radius 2 is 2.00 bits per heavy atom. The van der Waals surface area contributed by atoms with Crippen LogP contribution in [0.5, 0.6) is 0 Å². The summed E-state index contributed by atoms with van der Waals surface area (Å²) in [4.78, 5) is 11.9. The van der Waals surface area contributed by atoms with E-state index >= 15 is 0 Å². The first-order valence-corrected chi connectivity index (χ1v) is 8.61. The van der Waals surface area contributed by atoms with Crippen LogP contribution in [-0.2, 0) is 14.8 Å². The van der Waals surface area contributed by atoms with Crippen molar-refractivity contribution in [3.8, 4) is 0 Å². The number of nitrogens with two attached hydrogens (primary N) is 1. The molecule has 0 unspecified atom stereocenters. The summed E-state index contributed by atoms with van der Waals surface area (Å²) in [5.41, 5.74) is 0.257. The molecule has 0 aromatic carbocycles. The lowest BCUT2D eigenvalue weighted by Crippen LogP contribution is -2.23. The van der Waals surface area contributed by atoms with Crippen molar-refractivity contribution < 1.29 is 17.9 Å². The molecule has 0 radical (unpaired) electrons. The monoisotopic (exact) mass is 303 g/mol. The van der Waals surface area contributed by atoms with E-state index in [2.05, 4.69) is 6.92 Å². The number of carbonyl (C=O) groups excluding carboxylic acids is 1. The summed E-state index contributed by atoms with van der Waals surface area (Å²) in [6, 6.07) is 1.27. The molecule has 1 heterocycles. The second kappa shape index (κ2) is 5.60. The van der Waals surface area contributed by atoms with Gasteiger partial charge in [0.15, 0.2) is 0 Å². The molecule has 2 rings (SSSR count). The van der Waals surface area contributed by atoms with Gasteiger partial charge >= 0.3 is 5.97 Å². The van der Waals surface area contributed by atoms with Gasteiger partial charge in [0.05, 0.1) is 5.56 Å². The number of ether oxygens (including phenoxy) is 1. The van der Waals surface area contributed by atoms with Crippen LogP contribution in [0, 0.1) is 5.92 Å². The standard InChI is InChI=1S/C12H17NO4S2/c1-8-2-4-10(5-3-8)17-12(14)9-6-11(18-7-9)19(13,15)16/h6-8,10H,2-5H2,1H3,(H2,13,15,16). The highest BCUT2D eigenvalue weighted by Gasteiger charge is 2.23. The van der Waals surface area contributed by atoms with E-state index in [1.54, 1.807) is 0 Å². The second-order valence-electron chi connectivity index (χ2n) is 4.99. The lowest BCUT2D eigenvalue weighted by molar-refractivity contribution is 0.0174. The van der Waals surface area contributed by atoms with Crippen molar-refractivity contribution in [3.63, 3.8) is 0 Å². The Morgan fingerprint density at radius 3 is 2.53 bits per heavy atom. The summed E-state index contributed by atoms with van der Waals surface area (Å²) < 4.78 is 27.6. The van der Waals surface area contributed by atoms with E-state index in [1.807, 2.05) is 0 Å². The smallest absolute Gasteiger partial charge is 0.339 e. The Kier molecular flexibility index (Phi) is 4.27. The second-order valence-corrected chi connectivity index (χ2v) is 7.69. The fourth-order valence-corrected chi connectivity index (χ4v) is 3.71. The van der Waals surface area contributed by atoms with Crippen LogP contribution in [0.4, 0.5) is 0 Å². The maximum absolute atomic E-state index is 11.9. The number of primary sulfonamides is 1. The van der Waals surface area contributed by atoms with Gasteiger partial charge < -0.3 is 4.74 Å². The molecule has 0 amide bonds. The largest absolute Gasteiger partial charge is 0.459 e. The molecule has 19 heavy (non-hydrogen) atoms. The molecule has 0 atom stereocenters. The molecule has 0 bridgehead atoms. The van der Waals surface area contributed by atoms with Gasteiger partial charge in [-0.25, -0.2) is 18.4 Å². The Labute approximate surface area is 116 Å². The zero-order valence-electron chi connectivity index (χ0n) is 10.7. The highest BCUT2D eigenvalue weighted by molar-refractivity contribution is 7.91. The van der Waals surface area contributed by atoms with Gasteiger partial charge in [0, 0.05) is 5.38 Å². The molecular formula is C12H17NO4S2. The Hall–Kier alpha value is -0.920. The van der Waals surface area contributed by atoms with Crippen molar-refractivity contribution in [1.29, 1.82) is 0 Å². The number of esters is 1. The zero-order valence-corrected chi connectivity index (χ0v) is 12.3. The van der Waals surface area contributed by atoms with Crippen LogP contribution in [0.3, 0.4) is 0 Å². The molecule has 1 aliphatic carbocycles. The number of rotatable bonds is 3. The van der Waals surface area contributed by atoms with E-state index in [0.717, 1.165) is 37.0 Å². The van der Waals surface area contributed by atoms with Crippen molar-refractivity contribution in [3.05, 3.63) is 17.0 Å². The third-order valence-corrected chi connectivity index (χ3v) is 5.71. The number of hydrogen-bond donors (Lipinski definition) is 1. The summed E-state index contributed by atoms with van der Waals surface area (Å²) in [5.74, 6) is 0.218. The van der Waals surface area contributed by atoms with Gasteiger partial charge in [-0.05, 0) is 37.7 Å². The molecule has 2 N–H and O–H groups in total. The predicted octanol–water partition coefficient (Wildman–Crippen LogP) is 2.13. The van der Waals surface area contributed by atoms with Gasteiger partial charge in [-0.1, -0.05) is 6.92 Å². The molecule has 1 saturated carbocycles. The Bertz CT molecular complexity index is 556. The summed E-state index contributed by atoms with van der Waals surface area (Å²) >= 11 is 0.933. The van der Waals surface area contributed by atoms with Crippen LogP contribution in [0.1, 0.15) is 43.0 Å². The maximum atomic E-state index is 11.9. The normalized spacial score (nSPS) is 24.1. The van der Waals surface area contributed by atoms with E-state index in [1.165, 1.54) is 11.4 Å². The van der Waals surface area contributed by atoms with Crippen LogP contribution in [0.15, 0.2) is 15.7 Å². The van der Waals surface area contributed by atoms with Gasteiger partial charge in [0.1, 0.15) is 10.3 Å². The minimum absolute atomic E-state index is 0.0169. The molecule has 1 aromatic rings. The lowest BCUT2D eigenvalue weighted by Gasteiger charge is -2.25. The molecule has 1 aromatic heterocycles. The van der Waals surface area contributed by atoms with Crippen LogP contribution in [-0.4, -0.2) is 20.5 Å². The van der Waals surface area contributed by atoms with E-state index in [9.17, 15) is 13.2 Å². The lowest BCUT2D eigenvalue weighted by atomic mass is 9.89. The molecule has 0 spiro atoms. The molecule has 5 nitrogen and oxygen atoms in total. The third-order valence-electron chi connectivity index (χ3n) is 3.33. The van der Waals surface area contributed by atoms with Gasteiger partial charge in [-0.2, -0.15) is 0 Å². The van der Waals surface area contributed by atoms with Crippen LogP contribution in [0.2, 0.25) is 0 Å². The zero-order chi connectivity index (χ0) is 14.0. The van der Waals surface area contributed by atoms with E-state index in [-0.39, 0.29) is 15.9 Å². The van der Waals surface area contributed by atoms with Gasteiger partial charge in [-0.15, -0.1) is 11.3 Å². The summed E-state index contributed by atoms with van der Waals surface area (Å²) in [7, 11) is -3.75. The average molecular weight is 303 g/mol. The van der Waals surface area contributed by atoms with Crippen LogP contribution >= 0.6 is 11.3 Å². The van der Waals surface area contributed by atoms with Crippen molar-refractivity contribution in [1.82, 2.24) is 0 Å². The number of carbonyl (C=O) groups is 1. The van der Waals surface area contributed by atoms with E-state index in [0.29, 0.717) is 5.92 Å². The first-order valence-electron chi connectivity index (χ1n) is 6.18. The minimum atomic E-state index is -3.75. The first-order chi connectivity index (χ1) is 8.86. The quantitative estimate of drug-likeness (QED) is 0.867. The van der Waals surface area contributed by atoms with E-state index in [4.69, 9.17) is 9.88 Å². The average Bonchev–Trinajstić information content (AvgIpc) is 2.81. The van der Waals surface area contributed by atoms with Crippen molar-refractivity contribution in [2.75, 3.05) is 0 Å². The van der Waals surface area contributed by atoms with E-state index < -0.39 is 16.0 Å². The third kappa shape index (κ3) is 3.77. The first kappa shape index (κ1) is 14.5. The van der Waals surface area contributed by atoms with Crippen LogP contribution in [0.25, 0.3) is 0 Å². The van der Waals surface area contributed by atoms with Gasteiger partial charge in [0.2, 0.25) is 10.0 Å². The van der Waals surface area contributed by atoms with Crippen molar-refractivity contribution >= 4 is 27.3 Å². The van der Waals surface area contributed by atoms with Crippen LogP contribution < -0.4 is 5.14 Å². The van der Waals surface area contributed by atoms with Gasteiger partial charge in [0.25, 0.3) is 0 Å².